The molecule has 0 N–H and O–H groups in total. The second-order valence-corrected chi connectivity index (χ2v) is 6.68. The molecule has 1 aromatic carbocycles. The summed E-state index contributed by atoms with van der Waals surface area (Å²) in [4.78, 5) is 26.6. The predicted octanol–water partition coefficient (Wildman–Crippen LogP) is 4.01. The molecule has 5 nitrogen and oxygen atoms in total. The van der Waals surface area contributed by atoms with Crippen molar-refractivity contribution in [3.8, 4) is 11.4 Å². The fourth-order valence-electron chi connectivity index (χ4n) is 3.41. The smallest absolute Gasteiger partial charge is 0.272 e. The molecule has 0 bridgehead atoms. The van der Waals surface area contributed by atoms with E-state index in [0.29, 0.717) is 11.5 Å². The van der Waals surface area contributed by atoms with Gasteiger partial charge in [0.05, 0.1) is 0 Å². The standard InChI is InChI=1S/C21H28N4O/c1-3-24(4-2)19-16-18(21(26)25-14-10-5-6-11-15-25)22-20(23-19)17-12-8-7-9-13-17/h7-9,12-13,16H,3-6,10-11,14-15H2,1-2H3. The Hall–Kier alpha value is -2.43. The minimum atomic E-state index is 0.0277. The van der Waals surface area contributed by atoms with Gasteiger partial charge in [0.1, 0.15) is 11.5 Å². The molecule has 0 unspecified atom stereocenters. The number of nitrogens with zero attached hydrogens (tertiary/aromatic N) is 4. The van der Waals surface area contributed by atoms with Crippen LogP contribution in [0.1, 0.15) is 50.0 Å². The van der Waals surface area contributed by atoms with Crippen LogP contribution in [0.3, 0.4) is 0 Å². The van der Waals surface area contributed by atoms with E-state index in [1.54, 1.807) is 0 Å². The highest BCUT2D eigenvalue weighted by molar-refractivity contribution is 5.93. The Morgan fingerprint density at radius 1 is 1.00 bits per heavy atom. The normalized spacial score (nSPS) is 14.8. The van der Waals surface area contributed by atoms with Gasteiger partial charge in [-0.1, -0.05) is 43.2 Å². The largest absolute Gasteiger partial charge is 0.357 e. The topological polar surface area (TPSA) is 49.3 Å². The fourth-order valence-corrected chi connectivity index (χ4v) is 3.41. The highest BCUT2D eigenvalue weighted by Crippen LogP contribution is 2.22. The number of hydrogen-bond acceptors (Lipinski definition) is 4. The van der Waals surface area contributed by atoms with Crippen LogP contribution in [0.5, 0.6) is 0 Å². The quantitative estimate of drug-likeness (QED) is 0.816. The summed E-state index contributed by atoms with van der Waals surface area (Å²) in [6.07, 6.45) is 4.55. The van der Waals surface area contributed by atoms with E-state index < -0.39 is 0 Å². The highest BCUT2D eigenvalue weighted by Gasteiger charge is 2.21. The Balaban J connectivity index is 2.00. The number of carbonyl (C=O) groups excluding carboxylic acids is 1. The third kappa shape index (κ3) is 4.21. The van der Waals surface area contributed by atoms with Crippen molar-refractivity contribution >= 4 is 11.7 Å². The van der Waals surface area contributed by atoms with Crippen molar-refractivity contribution in [1.29, 1.82) is 0 Å². The van der Waals surface area contributed by atoms with Crippen LogP contribution >= 0.6 is 0 Å². The zero-order chi connectivity index (χ0) is 18.4. The van der Waals surface area contributed by atoms with Crippen molar-refractivity contribution < 1.29 is 4.79 Å². The zero-order valence-electron chi connectivity index (χ0n) is 15.8. The molecular formula is C21H28N4O. The Morgan fingerprint density at radius 3 is 2.27 bits per heavy atom. The minimum absolute atomic E-state index is 0.0277. The van der Waals surface area contributed by atoms with E-state index in [0.717, 1.165) is 50.4 Å². The number of benzene rings is 1. The molecule has 1 aromatic heterocycles. The fraction of sp³-hybridized carbons (Fsp3) is 0.476. The van der Waals surface area contributed by atoms with Gasteiger partial charge in [0.25, 0.3) is 5.91 Å². The van der Waals surface area contributed by atoms with E-state index in [1.807, 2.05) is 41.3 Å². The molecule has 2 aromatic rings. The first-order valence-electron chi connectivity index (χ1n) is 9.71. The second-order valence-electron chi connectivity index (χ2n) is 6.68. The number of aromatic nitrogens is 2. The lowest BCUT2D eigenvalue weighted by molar-refractivity contribution is 0.0755. The molecule has 1 fully saturated rings. The summed E-state index contributed by atoms with van der Waals surface area (Å²) in [5.74, 6) is 1.47. The summed E-state index contributed by atoms with van der Waals surface area (Å²) < 4.78 is 0. The van der Waals surface area contributed by atoms with Gasteiger partial charge in [-0.3, -0.25) is 4.79 Å². The van der Waals surface area contributed by atoms with Crippen molar-refractivity contribution in [2.45, 2.75) is 39.5 Å². The maximum Gasteiger partial charge on any atom is 0.272 e. The molecule has 0 aliphatic carbocycles. The predicted molar refractivity (Wildman–Crippen MR) is 105 cm³/mol. The van der Waals surface area contributed by atoms with E-state index in [9.17, 15) is 4.79 Å². The molecule has 1 aliphatic rings. The van der Waals surface area contributed by atoms with Gasteiger partial charge in [0, 0.05) is 37.8 Å². The van der Waals surface area contributed by atoms with Gasteiger partial charge in [-0.2, -0.15) is 0 Å². The van der Waals surface area contributed by atoms with Gasteiger partial charge in [-0.05, 0) is 26.7 Å². The molecule has 1 aliphatic heterocycles. The van der Waals surface area contributed by atoms with E-state index in [1.165, 1.54) is 12.8 Å². The van der Waals surface area contributed by atoms with Crippen LogP contribution in [0.4, 0.5) is 5.82 Å². The molecule has 0 saturated carbocycles. The number of likely N-dealkylation sites (tertiary alicyclic amines) is 1. The first kappa shape index (κ1) is 18.4. The van der Waals surface area contributed by atoms with Crippen molar-refractivity contribution in [1.82, 2.24) is 14.9 Å². The number of carbonyl (C=O) groups is 1. The monoisotopic (exact) mass is 352 g/mol. The van der Waals surface area contributed by atoms with Crippen molar-refractivity contribution in [2.75, 3.05) is 31.1 Å². The number of rotatable bonds is 5. The number of anilines is 1. The maximum atomic E-state index is 13.1. The molecular weight excluding hydrogens is 324 g/mol. The molecule has 5 heteroatoms. The van der Waals surface area contributed by atoms with Gasteiger partial charge >= 0.3 is 0 Å². The summed E-state index contributed by atoms with van der Waals surface area (Å²) in [6.45, 7) is 7.54. The number of hydrogen-bond donors (Lipinski definition) is 0. The molecule has 26 heavy (non-hydrogen) atoms. The lowest BCUT2D eigenvalue weighted by Crippen LogP contribution is -2.33. The van der Waals surface area contributed by atoms with Gasteiger partial charge in [-0.15, -0.1) is 0 Å². The molecule has 3 rings (SSSR count). The van der Waals surface area contributed by atoms with Crippen molar-refractivity contribution in [3.05, 3.63) is 42.1 Å². The van der Waals surface area contributed by atoms with Crippen LogP contribution in [-0.4, -0.2) is 47.0 Å². The van der Waals surface area contributed by atoms with Crippen molar-refractivity contribution in [2.24, 2.45) is 0 Å². The van der Waals surface area contributed by atoms with Crippen LogP contribution in [-0.2, 0) is 0 Å². The average molecular weight is 352 g/mol. The van der Waals surface area contributed by atoms with Crippen LogP contribution in [0, 0.1) is 0 Å². The first-order chi connectivity index (χ1) is 12.7. The summed E-state index contributed by atoms with van der Waals surface area (Å²) in [7, 11) is 0. The highest BCUT2D eigenvalue weighted by atomic mass is 16.2. The molecule has 1 amide bonds. The maximum absolute atomic E-state index is 13.1. The van der Waals surface area contributed by atoms with Crippen LogP contribution < -0.4 is 4.90 Å². The SMILES string of the molecule is CCN(CC)c1cc(C(=O)N2CCCCCC2)nc(-c2ccccc2)n1. The van der Waals surface area contributed by atoms with Gasteiger partial charge in [-0.25, -0.2) is 9.97 Å². The lowest BCUT2D eigenvalue weighted by atomic mass is 10.2. The van der Waals surface area contributed by atoms with Gasteiger partial charge in [0.2, 0.25) is 0 Å². The molecule has 2 heterocycles. The van der Waals surface area contributed by atoms with E-state index in [-0.39, 0.29) is 5.91 Å². The van der Waals surface area contributed by atoms with Crippen molar-refractivity contribution in [3.63, 3.8) is 0 Å². The van der Waals surface area contributed by atoms with E-state index in [2.05, 4.69) is 23.7 Å². The molecule has 138 valence electrons. The van der Waals surface area contributed by atoms with Crippen LogP contribution in [0.2, 0.25) is 0 Å². The molecule has 0 spiro atoms. The van der Waals surface area contributed by atoms with Gasteiger partial charge in [0.15, 0.2) is 5.82 Å². The summed E-state index contributed by atoms with van der Waals surface area (Å²) in [5.41, 5.74) is 1.44. The molecule has 1 saturated heterocycles. The Labute approximate surface area is 156 Å². The molecule has 0 radical (unpaired) electrons. The zero-order valence-corrected chi connectivity index (χ0v) is 15.8. The summed E-state index contributed by atoms with van der Waals surface area (Å²) >= 11 is 0. The molecule has 0 atom stereocenters. The second kappa shape index (κ2) is 8.79. The van der Waals surface area contributed by atoms with Crippen LogP contribution in [0.25, 0.3) is 11.4 Å². The third-order valence-corrected chi connectivity index (χ3v) is 4.94. The minimum Gasteiger partial charge on any atom is -0.357 e. The van der Waals surface area contributed by atoms with E-state index >= 15 is 0 Å². The summed E-state index contributed by atoms with van der Waals surface area (Å²) in [6, 6.07) is 11.7. The van der Waals surface area contributed by atoms with Crippen LogP contribution in [0.15, 0.2) is 36.4 Å². The number of amides is 1. The Bertz CT molecular complexity index is 720. The summed E-state index contributed by atoms with van der Waals surface area (Å²) in [5, 5.41) is 0. The van der Waals surface area contributed by atoms with E-state index in [4.69, 9.17) is 4.98 Å². The third-order valence-electron chi connectivity index (χ3n) is 4.94. The first-order valence-corrected chi connectivity index (χ1v) is 9.71. The average Bonchev–Trinajstić information content (AvgIpc) is 2.98. The Morgan fingerprint density at radius 2 is 1.65 bits per heavy atom. The van der Waals surface area contributed by atoms with Gasteiger partial charge < -0.3 is 9.80 Å². The Kier molecular flexibility index (Phi) is 6.21. The lowest BCUT2D eigenvalue weighted by Gasteiger charge is -2.23.